The van der Waals surface area contributed by atoms with E-state index in [1.807, 2.05) is 0 Å². The summed E-state index contributed by atoms with van der Waals surface area (Å²) in [6, 6.07) is 7.47. The number of fused-ring (bicyclic) bond motifs is 1. The average Bonchev–Trinajstić information content (AvgIpc) is 3.48. The molecule has 1 N–H and O–H groups in total. The lowest BCUT2D eigenvalue weighted by atomic mass is 9.83. The molecule has 1 aliphatic carbocycles. The summed E-state index contributed by atoms with van der Waals surface area (Å²) in [5.41, 5.74) is -0.672. The van der Waals surface area contributed by atoms with Gasteiger partial charge < -0.3 is 5.32 Å². The van der Waals surface area contributed by atoms with Crippen LogP contribution in [0.1, 0.15) is 24.1 Å². The zero-order valence-electron chi connectivity index (χ0n) is 19.3. The second-order valence-corrected chi connectivity index (χ2v) is 11.1. The molecule has 1 atom stereocenters. The first-order valence-electron chi connectivity index (χ1n) is 11.3. The molecule has 1 saturated carbocycles. The van der Waals surface area contributed by atoms with Gasteiger partial charge in [0.1, 0.15) is 17.7 Å². The fourth-order valence-electron chi connectivity index (χ4n) is 5.00. The van der Waals surface area contributed by atoms with Crippen molar-refractivity contribution in [3.05, 3.63) is 71.4 Å². The van der Waals surface area contributed by atoms with Gasteiger partial charge in [-0.3, -0.25) is 9.48 Å². The molecule has 0 unspecified atom stereocenters. The topological polar surface area (TPSA) is 84.3 Å². The van der Waals surface area contributed by atoms with Crippen molar-refractivity contribution in [3.63, 3.8) is 0 Å². The van der Waals surface area contributed by atoms with E-state index in [2.05, 4.69) is 10.4 Å². The molecule has 1 amide bonds. The van der Waals surface area contributed by atoms with Crippen LogP contribution in [-0.2, 0) is 34.6 Å². The third-order valence-corrected chi connectivity index (χ3v) is 8.73. The molecule has 196 valence electrons. The number of amides is 1. The Morgan fingerprint density at radius 2 is 1.73 bits per heavy atom. The Morgan fingerprint density at radius 3 is 2.35 bits per heavy atom. The Morgan fingerprint density at radius 1 is 1.05 bits per heavy atom. The number of aryl methyl sites for hydroxylation is 1. The smallest absolute Gasteiger partial charge is 0.351 e. The SMILES string of the molecule is Cn1nc(C(F)(F)F)cc1-c1cc(F)cc(CNC(=O)[C@@H]2C3CC(C3)N2S(=O)(=O)c2ccc(F)cc2)c1. The first-order chi connectivity index (χ1) is 17.3. The minimum Gasteiger partial charge on any atom is -0.351 e. The van der Waals surface area contributed by atoms with E-state index in [-0.39, 0.29) is 40.2 Å². The summed E-state index contributed by atoms with van der Waals surface area (Å²) in [6.07, 6.45) is -3.63. The molecule has 13 heteroatoms. The van der Waals surface area contributed by atoms with E-state index in [1.54, 1.807) is 0 Å². The van der Waals surface area contributed by atoms with Crippen LogP contribution in [0.5, 0.6) is 0 Å². The van der Waals surface area contributed by atoms with Crippen LogP contribution in [0.2, 0.25) is 0 Å². The van der Waals surface area contributed by atoms with Crippen molar-refractivity contribution in [2.75, 3.05) is 0 Å². The molecule has 3 aromatic rings. The van der Waals surface area contributed by atoms with Crippen LogP contribution in [0.4, 0.5) is 22.0 Å². The lowest BCUT2D eigenvalue weighted by molar-refractivity contribution is -0.141. The van der Waals surface area contributed by atoms with E-state index >= 15 is 0 Å². The summed E-state index contributed by atoms with van der Waals surface area (Å²) in [5.74, 6) is -2.06. The number of benzene rings is 2. The predicted octanol–water partition coefficient (Wildman–Crippen LogP) is 3.85. The van der Waals surface area contributed by atoms with Gasteiger partial charge in [0.2, 0.25) is 15.9 Å². The van der Waals surface area contributed by atoms with Crippen LogP contribution in [0, 0.1) is 17.6 Å². The van der Waals surface area contributed by atoms with Crippen LogP contribution in [-0.4, -0.2) is 40.5 Å². The van der Waals surface area contributed by atoms with Crippen molar-refractivity contribution in [1.29, 1.82) is 0 Å². The van der Waals surface area contributed by atoms with E-state index in [9.17, 15) is 35.2 Å². The summed E-state index contributed by atoms with van der Waals surface area (Å²) in [4.78, 5) is 13.0. The first-order valence-corrected chi connectivity index (χ1v) is 12.8. The van der Waals surface area contributed by atoms with Gasteiger partial charge >= 0.3 is 6.18 Å². The Balaban J connectivity index is 1.35. The molecule has 2 bridgehead atoms. The van der Waals surface area contributed by atoms with Gasteiger partial charge in [0, 0.05) is 25.2 Å². The lowest BCUT2D eigenvalue weighted by Gasteiger charge is -2.25. The highest BCUT2D eigenvalue weighted by molar-refractivity contribution is 7.89. The average molecular weight is 541 g/mol. The number of nitrogens with zero attached hydrogens (tertiary/aromatic N) is 3. The fraction of sp³-hybridized carbons (Fsp3) is 0.333. The third-order valence-electron chi connectivity index (χ3n) is 6.78. The van der Waals surface area contributed by atoms with Gasteiger partial charge in [0.15, 0.2) is 5.69 Å². The molecule has 6 rings (SSSR count). The van der Waals surface area contributed by atoms with Crippen molar-refractivity contribution in [1.82, 2.24) is 19.4 Å². The van der Waals surface area contributed by atoms with Gasteiger partial charge in [-0.15, -0.1) is 0 Å². The zero-order chi connectivity index (χ0) is 26.7. The number of aromatic nitrogens is 2. The summed E-state index contributed by atoms with van der Waals surface area (Å²) in [5, 5.41) is 6.07. The number of sulfonamides is 1. The number of carbonyl (C=O) groups is 1. The van der Waals surface area contributed by atoms with Crippen molar-refractivity contribution in [2.45, 2.75) is 42.5 Å². The molecule has 3 aliphatic rings. The maximum absolute atomic E-state index is 14.3. The molecule has 3 fully saturated rings. The van der Waals surface area contributed by atoms with E-state index in [0.717, 1.165) is 51.5 Å². The minimum absolute atomic E-state index is 0.0348. The van der Waals surface area contributed by atoms with Gasteiger partial charge in [-0.2, -0.15) is 22.6 Å². The second kappa shape index (κ2) is 8.91. The van der Waals surface area contributed by atoms with E-state index in [0.29, 0.717) is 12.8 Å². The van der Waals surface area contributed by atoms with Crippen LogP contribution < -0.4 is 5.32 Å². The van der Waals surface area contributed by atoms with E-state index < -0.39 is 45.5 Å². The number of rotatable bonds is 6. The van der Waals surface area contributed by atoms with Crippen molar-refractivity contribution in [2.24, 2.45) is 13.0 Å². The van der Waals surface area contributed by atoms with Crippen molar-refractivity contribution >= 4 is 15.9 Å². The minimum atomic E-state index is -4.66. The Labute approximate surface area is 208 Å². The van der Waals surface area contributed by atoms with Gasteiger partial charge in [0.25, 0.3) is 0 Å². The van der Waals surface area contributed by atoms with Gasteiger partial charge in [-0.25, -0.2) is 17.2 Å². The number of alkyl halides is 3. The summed E-state index contributed by atoms with van der Waals surface area (Å²) in [6.45, 7) is -0.175. The van der Waals surface area contributed by atoms with E-state index in [4.69, 9.17) is 0 Å². The molecule has 2 aliphatic heterocycles. The Hall–Kier alpha value is -3.32. The molecule has 7 nitrogen and oxygen atoms in total. The highest BCUT2D eigenvalue weighted by Gasteiger charge is 2.58. The molecule has 1 aromatic heterocycles. The number of nitrogens with one attached hydrogen (secondary N) is 1. The highest BCUT2D eigenvalue weighted by atomic mass is 32.2. The zero-order valence-corrected chi connectivity index (χ0v) is 20.2. The van der Waals surface area contributed by atoms with Crippen LogP contribution in [0.25, 0.3) is 11.3 Å². The summed E-state index contributed by atoms with van der Waals surface area (Å²) in [7, 11) is -2.76. The van der Waals surface area contributed by atoms with Crippen LogP contribution in [0.3, 0.4) is 0 Å². The van der Waals surface area contributed by atoms with Crippen molar-refractivity contribution < 1.29 is 35.2 Å². The number of hydrogen-bond donors (Lipinski definition) is 1. The van der Waals surface area contributed by atoms with Crippen LogP contribution >= 0.6 is 0 Å². The van der Waals surface area contributed by atoms with Gasteiger partial charge in [0.05, 0.1) is 10.6 Å². The molecule has 2 saturated heterocycles. The maximum Gasteiger partial charge on any atom is 0.435 e. The molecule has 3 heterocycles. The molecule has 2 aromatic carbocycles. The van der Waals surface area contributed by atoms with Crippen LogP contribution in [0.15, 0.2) is 53.4 Å². The fourth-order valence-corrected chi connectivity index (χ4v) is 6.86. The predicted molar refractivity (Wildman–Crippen MR) is 121 cm³/mol. The normalized spacial score (nSPS) is 21.6. The summed E-state index contributed by atoms with van der Waals surface area (Å²) >= 11 is 0. The highest BCUT2D eigenvalue weighted by Crippen LogP contribution is 2.48. The first kappa shape index (κ1) is 25.3. The molecular formula is C24H21F5N4O3S. The summed E-state index contributed by atoms with van der Waals surface area (Å²) < 4.78 is 95.3. The monoisotopic (exact) mass is 540 g/mol. The van der Waals surface area contributed by atoms with Gasteiger partial charge in [-0.05, 0) is 72.9 Å². The second-order valence-electron chi connectivity index (χ2n) is 9.22. The quantitative estimate of drug-likeness (QED) is 0.482. The lowest BCUT2D eigenvalue weighted by Crippen LogP contribution is -2.46. The molecule has 0 spiro atoms. The van der Waals surface area contributed by atoms with E-state index in [1.165, 1.54) is 13.1 Å². The molecular weight excluding hydrogens is 519 g/mol. The Kier molecular flexibility index (Phi) is 6.10. The number of halogens is 5. The number of carbonyl (C=O) groups excluding carboxylic acids is 1. The van der Waals surface area contributed by atoms with Gasteiger partial charge in [-0.1, -0.05) is 0 Å². The standard InChI is InChI=1S/C24H21F5N4O3S/c1-32-20(11-21(31-32)24(27,28)29)14-6-13(7-17(26)8-14)12-30-23(34)22-15-9-18(10-15)33(22)37(35,36)19-4-2-16(25)3-5-19/h2-8,11,15,18,22H,9-10,12H2,1H3,(H,30,34)/t15?,18?,22-/m0/s1. The van der Waals surface area contributed by atoms with Crippen molar-refractivity contribution in [3.8, 4) is 11.3 Å². The maximum atomic E-state index is 14.3. The molecule has 0 radical (unpaired) electrons. The number of hydrogen-bond acceptors (Lipinski definition) is 4. The molecule has 37 heavy (non-hydrogen) atoms. The third kappa shape index (κ3) is 4.61. The Bertz CT molecular complexity index is 1460. The largest absolute Gasteiger partial charge is 0.435 e.